The maximum atomic E-state index is 13.8. The number of primary amides is 1. The molecular formula is C24H26FN5O3S. The molecule has 1 heterocycles. The van der Waals surface area contributed by atoms with Gasteiger partial charge in [-0.15, -0.1) is 0 Å². The van der Waals surface area contributed by atoms with Crippen LogP contribution >= 0.6 is 11.5 Å². The summed E-state index contributed by atoms with van der Waals surface area (Å²) in [5, 5.41) is 2.89. The van der Waals surface area contributed by atoms with E-state index < -0.39 is 35.1 Å². The number of carbonyl (C=O) groups excluding carboxylic acids is 3. The number of amides is 3. The van der Waals surface area contributed by atoms with Crippen LogP contribution in [0, 0.1) is 12.7 Å². The fourth-order valence-corrected chi connectivity index (χ4v) is 4.07. The van der Waals surface area contributed by atoms with Crippen molar-refractivity contribution in [3.05, 3.63) is 76.0 Å². The maximum Gasteiger partial charge on any atom is 0.273 e. The zero-order chi connectivity index (χ0) is 25.2. The first kappa shape index (κ1) is 24.8. The Bertz CT molecular complexity index is 1220. The minimum atomic E-state index is -1.17. The zero-order valence-electron chi connectivity index (χ0n) is 19.3. The Balaban J connectivity index is 2.22. The van der Waals surface area contributed by atoms with Crippen LogP contribution in [0.2, 0.25) is 0 Å². The van der Waals surface area contributed by atoms with Crippen LogP contribution in [0.25, 0.3) is 0 Å². The van der Waals surface area contributed by atoms with Crippen molar-refractivity contribution in [2.45, 2.75) is 39.3 Å². The number of aryl methyl sites for hydroxylation is 1. The number of anilines is 2. The van der Waals surface area contributed by atoms with Gasteiger partial charge in [-0.2, -0.15) is 4.37 Å². The van der Waals surface area contributed by atoms with E-state index in [1.807, 2.05) is 27.7 Å². The van der Waals surface area contributed by atoms with Crippen molar-refractivity contribution < 1.29 is 18.8 Å². The topological polar surface area (TPSA) is 131 Å². The van der Waals surface area contributed by atoms with Crippen LogP contribution in [-0.4, -0.2) is 27.6 Å². The lowest BCUT2D eigenvalue weighted by molar-refractivity contribution is -0.123. The fourth-order valence-electron chi connectivity index (χ4n) is 3.33. The summed E-state index contributed by atoms with van der Waals surface area (Å²) in [6.07, 6.45) is 0. The largest absolute Gasteiger partial charge is 0.395 e. The van der Waals surface area contributed by atoms with E-state index in [4.69, 9.17) is 11.5 Å². The van der Waals surface area contributed by atoms with Crippen LogP contribution in [0.5, 0.6) is 0 Å². The van der Waals surface area contributed by atoms with E-state index in [-0.39, 0.29) is 16.3 Å². The van der Waals surface area contributed by atoms with E-state index in [1.54, 1.807) is 24.3 Å². The number of aromatic nitrogens is 1. The van der Waals surface area contributed by atoms with Gasteiger partial charge in [0.25, 0.3) is 11.8 Å². The third kappa shape index (κ3) is 5.40. The molecule has 0 aliphatic heterocycles. The predicted octanol–water partition coefficient (Wildman–Crippen LogP) is 3.57. The standard InChI is InChI=1S/C24H26FN5O3S/c1-13-5-11-16(12-6-13)30(23(33)20-17(26)18(21(27)31)29-34-20)19(22(32)28-24(2,3)4)14-7-9-15(25)10-8-14/h5-12,19H,26H2,1-4H3,(H2,27,31)(H,28,32)/t19-/m0/s1. The maximum absolute atomic E-state index is 13.8. The monoisotopic (exact) mass is 483 g/mol. The lowest BCUT2D eigenvalue weighted by Gasteiger charge is -2.33. The third-order valence-electron chi connectivity index (χ3n) is 4.88. The van der Waals surface area contributed by atoms with Crippen LogP contribution in [-0.2, 0) is 4.79 Å². The van der Waals surface area contributed by atoms with Crippen LogP contribution < -0.4 is 21.7 Å². The number of hydrogen-bond donors (Lipinski definition) is 3. The molecule has 1 aromatic heterocycles. The second-order valence-electron chi connectivity index (χ2n) is 8.84. The highest BCUT2D eigenvalue weighted by Gasteiger charge is 2.37. The molecule has 0 aliphatic carbocycles. The van der Waals surface area contributed by atoms with Crippen molar-refractivity contribution in [2.24, 2.45) is 5.73 Å². The van der Waals surface area contributed by atoms with E-state index >= 15 is 0 Å². The Labute approximate surface area is 200 Å². The molecular weight excluding hydrogens is 457 g/mol. The van der Waals surface area contributed by atoms with Gasteiger partial charge in [-0.1, -0.05) is 29.8 Å². The summed E-state index contributed by atoms with van der Waals surface area (Å²) < 4.78 is 17.6. The van der Waals surface area contributed by atoms with Gasteiger partial charge >= 0.3 is 0 Å². The van der Waals surface area contributed by atoms with Crippen molar-refractivity contribution in [2.75, 3.05) is 10.6 Å². The number of nitrogens with zero attached hydrogens (tertiary/aromatic N) is 2. The molecule has 1 atom stereocenters. The van der Waals surface area contributed by atoms with Gasteiger partial charge in [-0.05, 0) is 69.1 Å². The van der Waals surface area contributed by atoms with Crippen molar-refractivity contribution in [1.29, 1.82) is 0 Å². The minimum Gasteiger partial charge on any atom is -0.395 e. The van der Waals surface area contributed by atoms with Gasteiger partial charge in [0.1, 0.15) is 16.7 Å². The van der Waals surface area contributed by atoms with E-state index in [9.17, 15) is 18.8 Å². The lowest BCUT2D eigenvalue weighted by Crippen LogP contribution is -2.49. The predicted molar refractivity (Wildman–Crippen MR) is 130 cm³/mol. The molecule has 2 aromatic carbocycles. The molecule has 3 amide bonds. The third-order valence-corrected chi connectivity index (χ3v) is 5.73. The molecule has 34 heavy (non-hydrogen) atoms. The molecule has 0 unspecified atom stereocenters. The summed E-state index contributed by atoms with van der Waals surface area (Å²) >= 11 is 0.720. The Morgan fingerprint density at radius 1 is 1.06 bits per heavy atom. The van der Waals surface area contributed by atoms with Gasteiger partial charge in [0.15, 0.2) is 5.69 Å². The smallest absolute Gasteiger partial charge is 0.273 e. The molecule has 0 saturated heterocycles. The summed E-state index contributed by atoms with van der Waals surface area (Å²) in [7, 11) is 0. The Morgan fingerprint density at radius 2 is 1.65 bits per heavy atom. The second kappa shape index (κ2) is 9.60. The van der Waals surface area contributed by atoms with Gasteiger partial charge < -0.3 is 16.8 Å². The molecule has 0 radical (unpaired) electrons. The summed E-state index contributed by atoms with van der Waals surface area (Å²) in [4.78, 5) is 40.3. The average molecular weight is 484 g/mol. The number of nitrogen functional groups attached to an aromatic ring is 1. The molecule has 0 bridgehead atoms. The molecule has 0 spiro atoms. The summed E-state index contributed by atoms with van der Waals surface area (Å²) in [6.45, 7) is 7.32. The number of nitrogens with two attached hydrogens (primary N) is 2. The van der Waals surface area contributed by atoms with Gasteiger partial charge in [0.2, 0.25) is 5.91 Å². The summed E-state index contributed by atoms with van der Waals surface area (Å²) in [5.74, 6) is -2.48. The molecule has 0 saturated carbocycles. The summed E-state index contributed by atoms with van der Waals surface area (Å²) in [5.41, 5.74) is 12.1. The Hall–Kier alpha value is -3.79. The zero-order valence-corrected chi connectivity index (χ0v) is 20.1. The minimum absolute atomic E-state index is 0.0370. The van der Waals surface area contributed by atoms with Crippen molar-refractivity contribution in [1.82, 2.24) is 9.69 Å². The van der Waals surface area contributed by atoms with Crippen LogP contribution in [0.15, 0.2) is 48.5 Å². The highest BCUT2D eigenvalue weighted by molar-refractivity contribution is 7.09. The Morgan fingerprint density at radius 3 is 2.15 bits per heavy atom. The molecule has 178 valence electrons. The quantitative estimate of drug-likeness (QED) is 0.493. The van der Waals surface area contributed by atoms with Crippen LogP contribution in [0.4, 0.5) is 15.8 Å². The first-order valence-corrected chi connectivity index (χ1v) is 11.2. The molecule has 5 N–H and O–H groups in total. The highest BCUT2D eigenvalue weighted by Crippen LogP contribution is 2.33. The first-order chi connectivity index (χ1) is 15.9. The summed E-state index contributed by atoms with van der Waals surface area (Å²) in [6, 6.07) is 11.1. The van der Waals surface area contributed by atoms with Crippen LogP contribution in [0.1, 0.15) is 58.1 Å². The molecule has 3 aromatic rings. The van der Waals surface area contributed by atoms with Gasteiger partial charge in [-0.25, -0.2) is 4.39 Å². The van der Waals surface area contributed by atoms with Crippen molar-refractivity contribution in [3.63, 3.8) is 0 Å². The average Bonchev–Trinajstić information content (AvgIpc) is 3.13. The SMILES string of the molecule is Cc1ccc(N(C(=O)c2snc(C(N)=O)c2N)[C@H](C(=O)NC(C)(C)C)c2ccc(F)cc2)cc1. The fraction of sp³-hybridized carbons (Fsp3) is 0.250. The number of rotatable bonds is 6. The second-order valence-corrected chi connectivity index (χ2v) is 9.62. The van der Waals surface area contributed by atoms with Gasteiger partial charge in [0.05, 0.1) is 5.69 Å². The molecule has 3 rings (SSSR count). The first-order valence-electron chi connectivity index (χ1n) is 10.4. The van der Waals surface area contributed by atoms with Gasteiger partial charge in [0, 0.05) is 11.2 Å². The van der Waals surface area contributed by atoms with Gasteiger partial charge in [-0.3, -0.25) is 19.3 Å². The number of nitrogens with one attached hydrogen (secondary N) is 1. The Kier molecular flexibility index (Phi) is 7.01. The van der Waals surface area contributed by atoms with E-state index in [1.165, 1.54) is 29.2 Å². The van der Waals surface area contributed by atoms with Crippen LogP contribution in [0.3, 0.4) is 0 Å². The van der Waals surface area contributed by atoms with E-state index in [0.29, 0.717) is 11.3 Å². The van der Waals surface area contributed by atoms with E-state index in [2.05, 4.69) is 9.69 Å². The number of carbonyl (C=O) groups is 3. The number of halogens is 1. The molecule has 0 aliphatic rings. The highest BCUT2D eigenvalue weighted by atomic mass is 32.1. The van der Waals surface area contributed by atoms with Crippen molar-refractivity contribution in [3.8, 4) is 0 Å². The van der Waals surface area contributed by atoms with E-state index in [0.717, 1.165) is 17.1 Å². The van der Waals surface area contributed by atoms with Crippen molar-refractivity contribution >= 4 is 40.6 Å². The molecule has 10 heteroatoms. The number of hydrogen-bond acceptors (Lipinski definition) is 6. The molecule has 8 nitrogen and oxygen atoms in total. The molecule has 0 fully saturated rings. The number of benzene rings is 2. The normalized spacial score (nSPS) is 12.1. The lowest BCUT2D eigenvalue weighted by atomic mass is 10.00.